The van der Waals surface area contributed by atoms with E-state index in [1.165, 1.54) is 0 Å². The summed E-state index contributed by atoms with van der Waals surface area (Å²) in [5.41, 5.74) is 0.960. The molecule has 0 unspecified atom stereocenters. The number of rotatable bonds is 3. The van der Waals surface area contributed by atoms with Gasteiger partial charge in [0.1, 0.15) is 12.0 Å². The van der Waals surface area contributed by atoms with Crippen molar-refractivity contribution in [3.05, 3.63) is 28.2 Å². The summed E-state index contributed by atoms with van der Waals surface area (Å²) in [4.78, 5) is 10.1. The summed E-state index contributed by atoms with van der Waals surface area (Å²) >= 11 is 3.33. The number of hydrogen-bond acceptors (Lipinski definition) is 2. The Morgan fingerprint density at radius 2 is 2.25 bits per heavy atom. The Labute approximate surface area is 79.3 Å². The van der Waals surface area contributed by atoms with Crippen LogP contribution in [0.2, 0.25) is 0 Å². The van der Waals surface area contributed by atoms with Crippen LogP contribution in [0.3, 0.4) is 0 Å². The van der Waals surface area contributed by atoms with Crippen LogP contribution in [-0.2, 0) is 11.2 Å². The third-order valence-corrected chi connectivity index (χ3v) is 2.33. The highest BCUT2D eigenvalue weighted by Gasteiger charge is 1.99. The van der Waals surface area contributed by atoms with E-state index in [4.69, 9.17) is 5.11 Å². The lowest BCUT2D eigenvalue weighted by molar-refractivity contribution is -0.107. The van der Waals surface area contributed by atoms with Crippen molar-refractivity contribution in [2.24, 2.45) is 0 Å². The van der Waals surface area contributed by atoms with Gasteiger partial charge < -0.3 is 9.90 Å². The maximum atomic E-state index is 10.1. The molecule has 0 radical (unpaired) electrons. The Morgan fingerprint density at radius 3 is 2.92 bits per heavy atom. The zero-order valence-electron chi connectivity index (χ0n) is 6.46. The highest BCUT2D eigenvalue weighted by atomic mass is 79.9. The minimum Gasteiger partial charge on any atom is -0.508 e. The Kier molecular flexibility index (Phi) is 3.29. The van der Waals surface area contributed by atoms with Gasteiger partial charge in [-0.3, -0.25) is 0 Å². The first-order valence-corrected chi connectivity index (χ1v) is 4.44. The molecule has 2 nitrogen and oxygen atoms in total. The van der Waals surface area contributed by atoms with Crippen molar-refractivity contribution in [3.63, 3.8) is 0 Å². The molecule has 1 aromatic rings. The second-order valence-electron chi connectivity index (χ2n) is 2.48. The molecular formula is C9H9BrO2. The van der Waals surface area contributed by atoms with Crippen LogP contribution in [0.5, 0.6) is 5.75 Å². The first-order valence-electron chi connectivity index (χ1n) is 3.65. The van der Waals surface area contributed by atoms with E-state index in [9.17, 15) is 4.79 Å². The van der Waals surface area contributed by atoms with E-state index in [2.05, 4.69) is 15.9 Å². The van der Waals surface area contributed by atoms with Crippen LogP contribution in [0.25, 0.3) is 0 Å². The molecule has 0 fully saturated rings. The molecule has 0 aliphatic rings. The van der Waals surface area contributed by atoms with Gasteiger partial charge in [-0.1, -0.05) is 15.9 Å². The first-order chi connectivity index (χ1) is 5.74. The number of aryl methyl sites for hydroxylation is 1. The SMILES string of the molecule is O=CCCc1cc(O)ccc1Br. The van der Waals surface area contributed by atoms with E-state index in [0.29, 0.717) is 12.8 Å². The van der Waals surface area contributed by atoms with Crippen molar-refractivity contribution >= 4 is 22.2 Å². The summed E-state index contributed by atoms with van der Waals surface area (Å²) in [7, 11) is 0. The van der Waals surface area contributed by atoms with Crippen LogP contribution >= 0.6 is 15.9 Å². The standard InChI is InChI=1S/C9H9BrO2/c10-9-4-3-8(12)6-7(9)2-1-5-11/h3-6,12H,1-2H2. The molecule has 0 aliphatic heterocycles. The lowest BCUT2D eigenvalue weighted by atomic mass is 10.1. The third kappa shape index (κ3) is 2.34. The maximum absolute atomic E-state index is 10.1. The van der Waals surface area contributed by atoms with Gasteiger partial charge in [0.05, 0.1) is 0 Å². The number of phenols is 1. The molecule has 1 aromatic carbocycles. The molecule has 0 spiro atoms. The predicted octanol–water partition coefficient (Wildman–Crippen LogP) is 2.29. The van der Waals surface area contributed by atoms with Crippen LogP contribution in [0, 0.1) is 0 Å². The minimum atomic E-state index is 0.235. The molecule has 0 atom stereocenters. The fourth-order valence-electron chi connectivity index (χ4n) is 0.967. The average molecular weight is 229 g/mol. The van der Waals surface area contributed by atoms with Crippen molar-refractivity contribution in [2.45, 2.75) is 12.8 Å². The lowest BCUT2D eigenvalue weighted by Gasteiger charge is -2.01. The van der Waals surface area contributed by atoms with Crippen LogP contribution in [-0.4, -0.2) is 11.4 Å². The van der Waals surface area contributed by atoms with E-state index in [1.807, 2.05) is 0 Å². The fourth-order valence-corrected chi connectivity index (χ4v) is 1.41. The number of carbonyl (C=O) groups is 1. The van der Waals surface area contributed by atoms with Crippen molar-refractivity contribution in [2.75, 3.05) is 0 Å². The maximum Gasteiger partial charge on any atom is 0.120 e. The van der Waals surface area contributed by atoms with E-state index < -0.39 is 0 Å². The van der Waals surface area contributed by atoms with Gasteiger partial charge >= 0.3 is 0 Å². The van der Waals surface area contributed by atoms with E-state index >= 15 is 0 Å². The van der Waals surface area contributed by atoms with Crippen molar-refractivity contribution < 1.29 is 9.90 Å². The monoisotopic (exact) mass is 228 g/mol. The molecule has 0 heterocycles. The molecule has 64 valence electrons. The molecule has 0 saturated heterocycles. The summed E-state index contributed by atoms with van der Waals surface area (Å²) in [5, 5.41) is 9.13. The molecule has 0 amide bonds. The molecule has 1 rings (SSSR count). The molecule has 0 aliphatic carbocycles. The first kappa shape index (κ1) is 9.26. The number of phenolic OH excluding ortho intramolecular Hbond substituents is 1. The summed E-state index contributed by atoms with van der Waals surface area (Å²) in [6.45, 7) is 0. The summed E-state index contributed by atoms with van der Waals surface area (Å²) < 4.78 is 0.933. The van der Waals surface area contributed by atoms with Crippen LogP contribution in [0.4, 0.5) is 0 Å². The van der Waals surface area contributed by atoms with Gasteiger partial charge in [0, 0.05) is 10.9 Å². The fraction of sp³-hybridized carbons (Fsp3) is 0.222. The van der Waals surface area contributed by atoms with Crippen LogP contribution in [0.1, 0.15) is 12.0 Å². The molecule has 1 N–H and O–H groups in total. The summed E-state index contributed by atoms with van der Waals surface area (Å²) in [5.74, 6) is 0.235. The predicted molar refractivity (Wildman–Crippen MR) is 50.2 cm³/mol. The molecule has 3 heteroatoms. The second kappa shape index (κ2) is 4.26. The number of aldehydes is 1. The summed E-state index contributed by atoms with van der Waals surface area (Å²) in [6.07, 6.45) is 2.02. The summed E-state index contributed by atoms with van der Waals surface area (Å²) in [6, 6.07) is 5.04. The lowest BCUT2D eigenvalue weighted by Crippen LogP contribution is -1.87. The second-order valence-corrected chi connectivity index (χ2v) is 3.34. The van der Waals surface area contributed by atoms with Gasteiger partial charge in [0.15, 0.2) is 0 Å². The van der Waals surface area contributed by atoms with Crippen molar-refractivity contribution in [1.29, 1.82) is 0 Å². The van der Waals surface area contributed by atoms with Crippen LogP contribution in [0.15, 0.2) is 22.7 Å². The molecule has 12 heavy (non-hydrogen) atoms. The van der Waals surface area contributed by atoms with E-state index in [1.54, 1.807) is 18.2 Å². The van der Waals surface area contributed by atoms with E-state index in [0.717, 1.165) is 16.3 Å². The van der Waals surface area contributed by atoms with Gasteiger partial charge in [-0.15, -0.1) is 0 Å². The quantitative estimate of drug-likeness (QED) is 0.807. The Bertz CT molecular complexity index is 284. The highest BCUT2D eigenvalue weighted by molar-refractivity contribution is 9.10. The largest absolute Gasteiger partial charge is 0.508 e. The van der Waals surface area contributed by atoms with Crippen molar-refractivity contribution in [3.8, 4) is 5.75 Å². The smallest absolute Gasteiger partial charge is 0.120 e. The van der Waals surface area contributed by atoms with E-state index in [-0.39, 0.29) is 5.75 Å². The number of benzene rings is 1. The van der Waals surface area contributed by atoms with Gasteiger partial charge in [-0.25, -0.2) is 0 Å². The molecule has 0 bridgehead atoms. The number of halogens is 1. The molecule has 0 saturated carbocycles. The number of carbonyl (C=O) groups excluding carboxylic acids is 1. The minimum absolute atomic E-state index is 0.235. The molecule has 0 aromatic heterocycles. The Hall–Kier alpha value is -0.830. The third-order valence-electron chi connectivity index (χ3n) is 1.56. The average Bonchev–Trinajstić information content (AvgIpc) is 2.07. The highest BCUT2D eigenvalue weighted by Crippen LogP contribution is 2.22. The number of aromatic hydroxyl groups is 1. The zero-order chi connectivity index (χ0) is 8.97. The van der Waals surface area contributed by atoms with Crippen molar-refractivity contribution in [1.82, 2.24) is 0 Å². The van der Waals surface area contributed by atoms with Gasteiger partial charge in [0.2, 0.25) is 0 Å². The zero-order valence-corrected chi connectivity index (χ0v) is 8.04. The van der Waals surface area contributed by atoms with Gasteiger partial charge in [0.25, 0.3) is 0 Å². The Balaban J connectivity index is 2.82. The topological polar surface area (TPSA) is 37.3 Å². The van der Waals surface area contributed by atoms with Gasteiger partial charge in [-0.05, 0) is 30.2 Å². The van der Waals surface area contributed by atoms with Gasteiger partial charge in [-0.2, -0.15) is 0 Å². The normalized spacial score (nSPS) is 9.75. The Morgan fingerprint density at radius 1 is 1.50 bits per heavy atom. The molecular weight excluding hydrogens is 220 g/mol. The number of hydrogen-bond donors (Lipinski definition) is 1. The van der Waals surface area contributed by atoms with Crippen LogP contribution < -0.4 is 0 Å².